The molecule has 8 nitrogen and oxygen atoms in total. The molecule has 0 unspecified atom stereocenters. The van der Waals surface area contributed by atoms with E-state index in [0.29, 0.717) is 39.5 Å². The van der Waals surface area contributed by atoms with Gasteiger partial charge in [-0.25, -0.2) is 4.98 Å². The number of imidazole rings is 1. The normalized spacial score (nSPS) is 14.8. The number of hydrogen-bond donors (Lipinski definition) is 2. The van der Waals surface area contributed by atoms with Gasteiger partial charge in [0.1, 0.15) is 17.2 Å². The van der Waals surface area contributed by atoms with E-state index < -0.39 is 6.04 Å². The van der Waals surface area contributed by atoms with Gasteiger partial charge in [-0.05, 0) is 25.1 Å². The number of anilines is 2. The van der Waals surface area contributed by atoms with E-state index in [1.165, 1.54) is 14.2 Å². The Balaban J connectivity index is 1.67. The molecule has 1 atom stereocenters. The van der Waals surface area contributed by atoms with Gasteiger partial charge in [-0.2, -0.15) is 0 Å². The Kier molecular flexibility index (Phi) is 6.20. The molecular weight excluding hydrogens is 480 g/mol. The van der Waals surface area contributed by atoms with Gasteiger partial charge in [0.2, 0.25) is 5.95 Å². The molecule has 1 amide bonds. The quantitative estimate of drug-likeness (QED) is 0.347. The first kappa shape index (κ1) is 23.6. The standard InChI is InChI=1S/C27H25ClN4O4/c1-15-24(26(33)29-19-14-22(35-3)17(28)13-23(19)36-4)25(16-9-5-8-12-21(16)34-2)31-27-30-18-10-6-7-11-20(18)32(15)27/h5-14,25H,1-4H3,(H,29,33)(H,30,31)/t25-/m0/s1. The fourth-order valence-electron chi connectivity index (χ4n) is 4.57. The predicted molar refractivity (Wildman–Crippen MR) is 141 cm³/mol. The number of nitrogens with zero attached hydrogens (tertiary/aromatic N) is 2. The monoisotopic (exact) mass is 504 g/mol. The summed E-state index contributed by atoms with van der Waals surface area (Å²) in [5, 5.41) is 6.84. The number of para-hydroxylation sites is 3. The van der Waals surface area contributed by atoms with Gasteiger partial charge in [-0.3, -0.25) is 9.36 Å². The molecular formula is C27H25ClN4O4. The van der Waals surface area contributed by atoms with E-state index in [9.17, 15) is 4.79 Å². The van der Waals surface area contributed by atoms with Crippen LogP contribution in [0.1, 0.15) is 18.5 Å². The van der Waals surface area contributed by atoms with Crippen molar-refractivity contribution < 1.29 is 19.0 Å². The number of halogens is 1. The van der Waals surface area contributed by atoms with Crippen molar-refractivity contribution in [2.24, 2.45) is 0 Å². The molecule has 3 aromatic carbocycles. The Morgan fingerprint density at radius 1 is 0.972 bits per heavy atom. The predicted octanol–water partition coefficient (Wildman–Crippen LogP) is 5.75. The van der Waals surface area contributed by atoms with E-state index in [0.717, 1.165) is 22.3 Å². The minimum atomic E-state index is -0.523. The van der Waals surface area contributed by atoms with Gasteiger partial charge < -0.3 is 24.8 Å². The summed E-state index contributed by atoms with van der Waals surface area (Å²) >= 11 is 6.26. The highest BCUT2D eigenvalue weighted by Crippen LogP contribution is 2.42. The molecule has 5 rings (SSSR count). The number of carbonyl (C=O) groups is 1. The summed E-state index contributed by atoms with van der Waals surface area (Å²) in [6.07, 6.45) is 0. The third-order valence-corrected chi connectivity index (χ3v) is 6.56. The van der Waals surface area contributed by atoms with Crippen LogP contribution in [0.15, 0.2) is 66.2 Å². The minimum absolute atomic E-state index is 0.318. The summed E-state index contributed by atoms with van der Waals surface area (Å²) in [6, 6.07) is 18.1. The first-order valence-corrected chi connectivity index (χ1v) is 11.7. The molecule has 0 aliphatic carbocycles. The van der Waals surface area contributed by atoms with Gasteiger partial charge in [-0.15, -0.1) is 0 Å². The van der Waals surface area contributed by atoms with E-state index >= 15 is 0 Å². The van der Waals surface area contributed by atoms with Crippen LogP contribution < -0.4 is 24.8 Å². The summed E-state index contributed by atoms with van der Waals surface area (Å²) in [5.41, 5.74) is 4.21. The molecule has 0 fully saturated rings. The van der Waals surface area contributed by atoms with E-state index in [2.05, 4.69) is 10.6 Å². The van der Waals surface area contributed by atoms with Gasteiger partial charge in [0, 0.05) is 23.4 Å². The van der Waals surface area contributed by atoms with Gasteiger partial charge in [0.25, 0.3) is 5.91 Å². The van der Waals surface area contributed by atoms with Crippen molar-refractivity contribution in [2.45, 2.75) is 13.0 Å². The molecule has 0 saturated carbocycles. The van der Waals surface area contributed by atoms with E-state index in [1.54, 1.807) is 19.2 Å². The van der Waals surface area contributed by atoms with Crippen LogP contribution in [-0.4, -0.2) is 36.8 Å². The molecule has 36 heavy (non-hydrogen) atoms. The van der Waals surface area contributed by atoms with Crippen LogP contribution in [0.4, 0.5) is 11.6 Å². The van der Waals surface area contributed by atoms with Crippen LogP contribution in [0.3, 0.4) is 0 Å². The lowest BCUT2D eigenvalue weighted by atomic mass is 9.94. The van der Waals surface area contributed by atoms with Crippen molar-refractivity contribution in [3.63, 3.8) is 0 Å². The maximum Gasteiger partial charge on any atom is 0.255 e. The average molecular weight is 505 g/mol. The Morgan fingerprint density at radius 3 is 2.42 bits per heavy atom. The number of carbonyl (C=O) groups excluding carboxylic acids is 1. The molecule has 2 N–H and O–H groups in total. The van der Waals surface area contributed by atoms with Crippen molar-refractivity contribution in [1.29, 1.82) is 0 Å². The van der Waals surface area contributed by atoms with Gasteiger partial charge >= 0.3 is 0 Å². The Hall–Kier alpha value is -4.17. The Morgan fingerprint density at radius 2 is 1.67 bits per heavy atom. The third-order valence-electron chi connectivity index (χ3n) is 6.26. The second kappa shape index (κ2) is 9.47. The Labute approximate surface area is 213 Å². The molecule has 0 spiro atoms. The second-order valence-electron chi connectivity index (χ2n) is 8.22. The van der Waals surface area contributed by atoms with E-state index in [4.69, 9.17) is 30.8 Å². The van der Waals surface area contributed by atoms with Crippen LogP contribution in [0, 0.1) is 0 Å². The SMILES string of the molecule is COc1cc(NC(=O)C2=C(C)n3c(nc4ccccc43)N[C@H]2c2ccccc2OC)c(OC)cc1Cl. The smallest absolute Gasteiger partial charge is 0.255 e. The summed E-state index contributed by atoms with van der Waals surface area (Å²) in [4.78, 5) is 18.7. The highest BCUT2D eigenvalue weighted by Gasteiger charge is 2.34. The first-order chi connectivity index (χ1) is 17.5. The van der Waals surface area contributed by atoms with Crippen molar-refractivity contribution in [3.05, 3.63) is 76.8 Å². The van der Waals surface area contributed by atoms with Crippen LogP contribution >= 0.6 is 11.6 Å². The summed E-state index contributed by atoms with van der Waals surface area (Å²) in [6.45, 7) is 1.91. The maximum absolute atomic E-state index is 14.0. The zero-order valence-electron chi connectivity index (χ0n) is 20.3. The molecule has 1 aliphatic heterocycles. The first-order valence-electron chi connectivity index (χ1n) is 11.3. The lowest BCUT2D eigenvalue weighted by Gasteiger charge is -2.31. The number of amides is 1. The fourth-order valence-corrected chi connectivity index (χ4v) is 4.81. The van der Waals surface area contributed by atoms with Crippen LogP contribution in [0.5, 0.6) is 17.2 Å². The summed E-state index contributed by atoms with van der Waals surface area (Å²) in [5.74, 6) is 1.82. The molecule has 0 saturated heterocycles. The van der Waals surface area contributed by atoms with Crippen molar-refractivity contribution in [2.75, 3.05) is 32.0 Å². The van der Waals surface area contributed by atoms with Crippen LogP contribution in [0.2, 0.25) is 5.02 Å². The fraction of sp³-hybridized carbons (Fsp3) is 0.185. The molecule has 184 valence electrons. The zero-order valence-corrected chi connectivity index (χ0v) is 21.0. The number of rotatable bonds is 6. The average Bonchev–Trinajstić information content (AvgIpc) is 3.28. The lowest BCUT2D eigenvalue weighted by Crippen LogP contribution is -2.30. The molecule has 2 heterocycles. The maximum atomic E-state index is 14.0. The molecule has 0 bridgehead atoms. The van der Waals surface area contributed by atoms with Crippen molar-refractivity contribution in [1.82, 2.24) is 9.55 Å². The third kappa shape index (κ3) is 3.89. The summed E-state index contributed by atoms with van der Waals surface area (Å²) < 4.78 is 18.4. The second-order valence-corrected chi connectivity index (χ2v) is 8.63. The van der Waals surface area contributed by atoms with E-state index in [1.807, 2.05) is 60.0 Å². The number of fused-ring (bicyclic) bond motifs is 3. The van der Waals surface area contributed by atoms with Gasteiger partial charge in [0.15, 0.2) is 0 Å². The molecule has 4 aromatic rings. The number of allylic oxidation sites excluding steroid dienone is 1. The van der Waals surface area contributed by atoms with Crippen molar-refractivity contribution >= 4 is 45.9 Å². The number of aromatic nitrogens is 2. The zero-order chi connectivity index (χ0) is 25.4. The molecule has 1 aromatic heterocycles. The molecule has 1 aliphatic rings. The number of hydrogen-bond acceptors (Lipinski definition) is 6. The van der Waals surface area contributed by atoms with Gasteiger partial charge in [0.05, 0.1) is 54.7 Å². The van der Waals surface area contributed by atoms with Crippen molar-refractivity contribution in [3.8, 4) is 17.2 Å². The number of ether oxygens (including phenoxy) is 3. The molecule has 9 heteroatoms. The topological polar surface area (TPSA) is 86.6 Å². The minimum Gasteiger partial charge on any atom is -0.496 e. The molecule has 0 radical (unpaired) electrons. The highest BCUT2D eigenvalue weighted by atomic mass is 35.5. The Bertz CT molecular complexity index is 1510. The number of nitrogens with one attached hydrogen (secondary N) is 2. The van der Waals surface area contributed by atoms with Crippen LogP contribution in [-0.2, 0) is 4.79 Å². The number of benzene rings is 3. The lowest BCUT2D eigenvalue weighted by molar-refractivity contribution is -0.113. The van der Waals surface area contributed by atoms with Gasteiger partial charge in [-0.1, -0.05) is 41.9 Å². The number of methoxy groups -OCH3 is 3. The van der Waals surface area contributed by atoms with Crippen LogP contribution in [0.25, 0.3) is 16.7 Å². The highest BCUT2D eigenvalue weighted by molar-refractivity contribution is 6.32. The summed E-state index contributed by atoms with van der Waals surface area (Å²) in [7, 11) is 4.64. The largest absolute Gasteiger partial charge is 0.496 e. The van der Waals surface area contributed by atoms with E-state index in [-0.39, 0.29) is 5.91 Å².